The Labute approximate surface area is 144 Å². The lowest BCUT2D eigenvalue weighted by atomic mass is 10.3. The fourth-order valence-corrected chi connectivity index (χ4v) is 1.77. The molecule has 7 nitrogen and oxygen atoms in total. The number of hydrazine groups is 1. The van der Waals surface area contributed by atoms with Crippen molar-refractivity contribution in [1.82, 2.24) is 26.2 Å². The third-order valence-corrected chi connectivity index (χ3v) is 2.99. The van der Waals surface area contributed by atoms with E-state index in [0.717, 1.165) is 11.4 Å². The maximum absolute atomic E-state index is 5.13. The van der Waals surface area contributed by atoms with Gasteiger partial charge in [0.05, 0.1) is 11.4 Å². The molecule has 2 rings (SSSR count). The van der Waals surface area contributed by atoms with Crippen molar-refractivity contribution in [3.63, 3.8) is 0 Å². The van der Waals surface area contributed by atoms with Gasteiger partial charge in [0.15, 0.2) is 5.11 Å². The van der Waals surface area contributed by atoms with E-state index in [1.54, 1.807) is 30.7 Å². The molecule has 0 aliphatic carbocycles. The van der Waals surface area contributed by atoms with Crippen LogP contribution in [0.15, 0.2) is 54.0 Å². The Hall–Kier alpha value is -2.65. The highest BCUT2D eigenvalue weighted by molar-refractivity contribution is 7.80. The minimum absolute atomic E-state index is 0.277. The van der Waals surface area contributed by atoms with E-state index in [-0.39, 0.29) is 5.11 Å². The molecular weight excluding hydrogens is 330 g/mol. The van der Waals surface area contributed by atoms with Crippen molar-refractivity contribution in [3.05, 3.63) is 54.6 Å². The van der Waals surface area contributed by atoms with Gasteiger partial charge in [-0.15, -0.1) is 0 Å². The molecule has 0 aromatic carbocycles. The molecule has 2 heterocycles. The van der Waals surface area contributed by atoms with E-state index in [1.165, 1.54) is 0 Å². The second kappa shape index (κ2) is 8.71. The van der Waals surface area contributed by atoms with Crippen LogP contribution in [0.5, 0.6) is 0 Å². The molecule has 2 aromatic heterocycles. The van der Waals surface area contributed by atoms with Crippen molar-refractivity contribution in [3.8, 4) is 0 Å². The van der Waals surface area contributed by atoms with Crippen molar-refractivity contribution in [2.24, 2.45) is 5.10 Å². The standard InChI is InChI=1S/C14H15N7S2/c1-10(12-4-2-3-7-16-12)18-20-14(23)21-19-13(22)17-11-5-8-15-9-6-11/h2-9H,1H3,(H2,20,21,23)(H2,15,17,19,22)/b18-10+. The lowest BCUT2D eigenvalue weighted by Gasteiger charge is -2.12. The van der Waals surface area contributed by atoms with Crippen molar-refractivity contribution in [2.45, 2.75) is 6.92 Å². The van der Waals surface area contributed by atoms with E-state index in [9.17, 15) is 0 Å². The Morgan fingerprint density at radius 2 is 1.74 bits per heavy atom. The Kier molecular flexibility index (Phi) is 6.33. The molecule has 0 unspecified atom stereocenters. The zero-order valence-corrected chi connectivity index (χ0v) is 13.9. The van der Waals surface area contributed by atoms with Gasteiger partial charge in [-0.05, 0) is 55.6 Å². The molecule has 0 fully saturated rings. The molecule has 0 aliphatic rings. The van der Waals surface area contributed by atoms with Gasteiger partial charge in [-0.25, -0.2) is 0 Å². The molecule has 0 spiro atoms. The van der Waals surface area contributed by atoms with Gasteiger partial charge in [-0.2, -0.15) is 5.10 Å². The number of pyridine rings is 2. The Morgan fingerprint density at radius 3 is 2.43 bits per heavy atom. The molecule has 0 bridgehead atoms. The lowest BCUT2D eigenvalue weighted by Crippen LogP contribution is -2.47. The fraction of sp³-hybridized carbons (Fsp3) is 0.0714. The molecule has 23 heavy (non-hydrogen) atoms. The van der Waals surface area contributed by atoms with E-state index >= 15 is 0 Å². The lowest BCUT2D eigenvalue weighted by molar-refractivity contribution is 0.834. The van der Waals surface area contributed by atoms with Gasteiger partial charge in [0.1, 0.15) is 0 Å². The Morgan fingerprint density at radius 1 is 1.00 bits per heavy atom. The van der Waals surface area contributed by atoms with E-state index in [2.05, 4.69) is 36.7 Å². The van der Waals surface area contributed by atoms with Gasteiger partial charge in [-0.3, -0.25) is 26.2 Å². The monoisotopic (exact) mass is 345 g/mol. The molecule has 0 atom stereocenters. The second-order valence-corrected chi connectivity index (χ2v) is 5.11. The predicted octanol–water partition coefficient (Wildman–Crippen LogP) is 1.57. The van der Waals surface area contributed by atoms with Gasteiger partial charge < -0.3 is 5.32 Å². The smallest absolute Gasteiger partial charge is 0.205 e. The molecular formula is C14H15N7S2. The first-order valence-electron chi connectivity index (χ1n) is 6.64. The van der Waals surface area contributed by atoms with E-state index in [0.29, 0.717) is 10.8 Å². The summed E-state index contributed by atoms with van der Waals surface area (Å²) in [7, 11) is 0. The highest BCUT2D eigenvalue weighted by Crippen LogP contribution is 2.02. The van der Waals surface area contributed by atoms with Crippen molar-refractivity contribution in [2.75, 3.05) is 5.32 Å². The maximum atomic E-state index is 5.13. The van der Waals surface area contributed by atoms with Crippen LogP contribution in [0.25, 0.3) is 0 Å². The average molecular weight is 345 g/mol. The predicted molar refractivity (Wildman–Crippen MR) is 98.9 cm³/mol. The second-order valence-electron chi connectivity index (χ2n) is 4.29. The van der Waals surface area contributed by atoms with Gasteiger partial charge >= 0.3 is 0 Å². The zero-order valence-electron chi connectivity index (χ0n) is 12.3. The van der Waals surface area contributed by atoms with E-state index < -0.39 is 0 Å². The number of aromatic nitrogens is 2. The molecule has 9 heteroatoms. The molecule has 0 amide bonds. The summed E-state index contributed by atoms with van der Waals surface area (Å²) in [6, 6.07) is 9.19. The maximum Gasteiger partial charge on any atom is 0.205 e. The minimum Gasteiger partial charge on any atom is -0.331 e. The van der Waals surface area contributed by atoms with Crippen LogP contribution >= 0.6 is 24.4 Å². The molecule has 0 radical (unpaired) electrons. The summed E-state index contributed by atoms with van der Waals surface area (Å²) < 4.78 is 0. The number of nitrogens with one attached hydrogen (secondary N) is 4. The van der Waals surface area contributed by atoms with Crippen LogP contribution in [0, 0.1) is 0 Å². The summed E-state index contributed by atoms with van der Waals surface area (Å²) in [5, 5.41) is 7.76. The molecule has 2 aromatic rings. The first-order valence-corrected chi connectivity index (χ1v) is 7.45. The summed E-state index contributed by atoms with van der Waals surface area (Å²) in [5.74, 6) is 0. The number of hydrazone groups is 1. The third-order valence-electron chi connectivity index (χ3n) is 2.59. The van der Waals surface area contributed by atoms with E-state index in [4.69, 9.17) is 24.4 Å². The van der Waals surface area contributed by atoms with Crippen molar-refractivity contribution < 1.29 is 0 Å². The van der Waals surface area contributed by atoms with Crippen LogP contribution in [0.3, 0.4) is 0 Å². The van der Waals surface area contributed by atoms with Gasteiger partial charge in [0.25, 0.3) is 0 Å². The SMILES string of the molecule is C/C(=N\NC(=S)NNC(=S)Nc1ccncc1)c1ccccn1. The molecule has 4 N–H and O–H groups in total. The highest BCUT2D eigenvalue weighted by atomic mass is 32.1. The topological polar surface area (TPSA) is 86.3 Å². The van der Waals surface area contributed by atoms with Gasteiger partial charge in [-0.1, -0.05) is 6.07 Å². The minimum atomic E-state index is 0.277. The quantitative estimate of drug-likeness (QED) is 0.379. The number of hydrogen-bond donors (Lipinski definition) is 4. The summed E-state index contributed by atoms with van der Waals surface area (Å²) in [5.41, 5.74) is 10.5. The third kappa shape index (κ3) is 5.93. The fourth-order valence-electron chi connectivity index (χ4n) is 1.51. The highest BCUT2D eigenvalue weighted by Gasteiger charge is 2.00. The number of nitrogens with zero attached hydrogens (tertiary/aromatic N) is 3. The largest absolute Gasteiger partial charge is 0.331 e. The molecule has 118 valence electrons. The summed E-state index contributed by atoms with van der Waals surface area (Å²) >= 11 is 10.2. The Balaban J connectivity index is 1.76. The average Bonchev–Trinajstić information content (AvgIpc) is 2.59. The van der Waals surface area contributed by atoms with Crippen LogP contribution in [-0.4, -0.2) is 25.9 Å². The number of hydrogen-bond acceptors (Lipinski definition) is 5. The molecule has 0 saturated heterocycles. The van der Waals surface area contributed by atoms with Crippen molar-refractivity contribution in [1.29, 1.82) is 0 Å². The van der Waals surface area contributed by atoms with Gasteiger partial charge in [0.2, 0.25) is 5.11 Å². The number of rotatable bonds is 3. The van der Waals surface area contributed by atoms with Crippen LogP contribution in [-0.2, 0) is 0 Å². The molecule has 0 saturated carbocycles. The number of thiocarbonyl (C=S) groups is 2. The summed E-state index contributed by atoms with van der Waals surface area (Å²) in [6.07, 6.45) is 5.04. The Bertz CT molecular complexity index is 689. The van der Waals surface area contributed by atoms with Crippen LogP contribution < -0.4 is 21.6 Å². The van der Waals surface area contributed by atoms with E-state index in [1.807, 2.05) is 25.1 Å². The normalized spacial score (nSPS) is 10.6. The first-order chi connectivity index (χ1) is 11.1. The zero-order chi connectivity index (χ0) is 16.5. The van der Waals surface area contributed by atoms with Crippen LogP contribution in [0.2, 0.25) is 0 Å². The van der Waals surface area contributed by atoms with Crippen molar-refractivity contribution >= 4 is 46.1 Å². The first kappa shape index (κ1) is 16.7. The number of anilines is 1. The summed E-state index contributed by atoms with van der Waals surface area (Å²) in [4.78, 5) is 8.11. The van der Waals surface area contributed by atoms with Crippen LogP contribution in [0.4, 0.5) is 5.69 Å². The van der Waals surface area contributed by atoms with Gasteiger partial charge in [0, 0.05) is 24.3 Å². The summed E-state index contributed by atoms with van der Waals surface area (Å²) in [6.45, 7) is 1.83. The van der Waals surface area contributed by atoms with Crippen LogP contribution in [0.1, 0.15) is 12.6 Å². The molecule has 0 aliphatic heterocycles.